The zero-order chi connectivity index (χ0) is 16.9. The summed E-state index contributed by atoms with van der Waals surface area (Å²) in [7, 11) is 2.09. The Kier molecular flexibility index (Phi) is 5.23. The molecule has 1 saturated heterocycles. The largest absolute Gasteiger partial charge is 0.324 e. The Morgan fingerprint density at radius 3 is 2.25 bits per heavy atom. The van der Waals surface area contributed by atoms with Crippen LogP contribution in [0.4, 0.5) is 10.1 Å². The highest BCUT2D eigenvalue weighted by Gasteiger charge is 2.29. The Balaban J connectivity index is 1.81. The number of carbonyl (C=O) groups is 1. The van der Waals surface area contributed by atoms with Crippen molar-refractivity contribution >= 4 is 11.6 Å². The highest BCUT2D eigenvalue weighted by molar-refractivity contribution is 5.95. The Morgan fingerprint density at radius 2 is 1.62 bits per heavy atom. The molecule has 1 aliphatic rings. The van der Waals surface area contributed by atoms with Gasteiger partial charge in [-0.05, 0) is 36.9 Å². The average molecular weight is 327 g/mol. The number of likely N-dealkylation sites (N-methyl/N-ethyl adjacent to an activating group) is 1. The number of piperazine rings is 1. The zero-order valence-corrected chi connectivity index (χ0v) is 13.8. The molecule has 1 N–H and O–H groups in total. The normalized spacial score (nSPS) is 17.4. The lowest BCUT2D eigenvalue weighted by Crippen LogP contribution is -2.48. The standard InChI is InChI=1S/C19H22FN3O/c1-22-11-13-23(14-12-22)18(15-5-3-2-4-6-15)19(24)21-17-9-7-16(20)8-10-17/h2-10,18H,11-14H2,1H3,(H,21,24)/t18-/m0/s1. The third-order valence-electron chi connectivity index (χ3n) is 4.38. The fourth-order valence-electron chi connectivity index (χ4n) is 2.99. The lowest BCUT2D eigenvalue weighted by atomic mass is 10.0. The van der Waals surface area contributed by atoms with Crippen LogP contribution in [-0.2, 0) is 4.79 Å². The van der Waals surface area contributed by atoms with Gasteiger partial charge in [0.15, 0.2) is 0 Å². The molecule has 0 aromatic heterocycles. The number of nitrogens with one attached hydrogen (secondary N) is 1. The van der Waals surface area contributed by atoms with Gasteiger partial charge in [-0.1, -0.05) is 30.3 Å². The number of hydrogen-bond donors (Lipinski definition) is 1. The summed E-state index contributed by atoms with van der Waals surface area (Å²) in [4.78, 5) is 17.4. The molecule has 0 unspecified atom stereocenters. The van der Waals surface area contributed by atoms with Gasteiger partial charge in [0.1, 0.15) is 11.9 Å². The van der Waals surface area contributed by atoms with Crippen molar-refractivity contribution in [2.24, 2.45) is 0 Å². The predicted octanol–water partition coefficient (Wildman–Crippen LogP) is 2.75. The molecular weight excluding hydrogens is 305 g/mol. The summed E-state index contributed by atoms with van der Waals surface area (Å²) in [5.41, 5.74) is 1.58. The first-order chi connectivity index (χ1) is 11.6. The van der Waals surface area contributed by atoms with Gasteiger partial charge in [0, 0.05) is 31.9 Å². The van der Waals surface area contributed by atoms with Crippen molar-refractivity contribution in [2.45, 2.75) is 6.04 Å². The number of anilines is 1. The molecule has 0 aliphatic carbocycles. The number of rotatable bonds is 4. The number of nitrogens with zero attached hydrogens (tertiary/aromatic N) is 2. The molecule has 126 valence electrons. The topological polar surface area (TPSA) is 35.6 Å². The maximum absolute atomic E-state index is 13.0. The molecule has 1 fully saturated rings. The summed E-state index contributed by atoms with van der Waals surface area (Å²) in [6, 6.07) is 15.3. The van der Waals surface area contributed by atoms with Crippen molar-refractivity contribution in [1.82, 2.24) is 9.80 Å². The van der Waals surface area contributed by atoms with Gasteiger partial charge in [0.05, 0.1) is 0 Å². The van der Waals surface area contributed by atoms with Gasteiger partial charge < -0.3 is 10.2 Å². The Labute approximate surface area is 141 Å². The molecule has 2 aromatic carbocycles. The van der Waals surface area contributed by atoms with Crippen molar-refractivity contribution in [3.8, 4) is 0 Å². The van der Waals surface area contributed by atoms with Gasteiger partial charge in [-0.2, -0.15) is 0 Å². The monoisotopic (exact) mass is 327 g/mol. The van der Waals surface area contributed by atoms with Crippen LogP contribution in [0.5, 0.6) is 0 Å². The molecule has 3 rings (SSSR count). The van der Waals surface area contributed by atoms with Crippen molar-refractivity contribution in [2.75, 3.05) is 38.5 Å². The van der Waals surface area contributed by atoms with E-state index in [0.29, 0.717) is 5.69 Å². The van der Waals surface area contributed by atoms with E-state index in [1.807, 2.05) is 30.3 Å². The summed E-state index contributed by atoms with van der Waals surface area (Å²) in [6.07, 6.45) is 0. The van der Waals surface area contributed by atoms with Crippen LogP contribution < -0.4 is 5.32 Å². The lowest BCUT2D eigenvalue weighted by Gasteiger charge is -2.37. The van der Waals surface area contributed by atoms with Crippen molar-refractivity contribution < 1.29 is 9.18 Å². The first-order valence-corrected chi connectivity index (χ1v) is 8.17. The molecule has 0 radical (unpaired) electrons. The van der Waals surface area contributed by atoms with Gasteiger partial charge in [0.2, 0.25) is 5.91 Å². The van der Waals surface area contributed by atoms with Gasteiger partial charge in [-0.3, -0.25) is 9.69 Å². The van der Waals surface area contributed by atoms with Crippen LogP contribution in [-0.4, -0.2) is 48.9 Å². The number of benzene rings is 2. The van der Waals surface area contributed by atoms with Gasteiger partial charge in [-0.25, -0.2) is 4.39 Å². The Morgan fingerprint density at radius 1 is 1.00 bits per heavy atom. The molecule has 1 amide bonds. The van der Waals surface area contributed by atoms with E-state index in [2.05, 4.69) is 22.2 Å². The third-order valence-corrected chi connectivity index (χ3v) is 4.38. The highest BCUT2D eigenvalue weighted by atomic mass is 19.1. The van der Waals surface area contributed by atoms with Crippen LogP contribution in [0.1, 0.15) is 11.6 Å². The van der Waals surface area contributed by atoms with Crippen LogP contribution >= 0.6 is 0 Å². The molecule has 4 nitrogen and oxygen atoms in total. The first-order valence-electron chi connectivity index (χ1n) is 8.17. The quantitative estimate of drug-likeness (QED) is 0.938. The van der Waals surface area contributed by atoms with Gasteiger partial charge in [-0.15, -0.1) is 0 Å². The molecular formula is C19H22FN3O. The number of halogens is 1. The van der Waals surface area contributed by atoms with Crippen molar-refractivity contribution in [3.63, 3.8) is 0 Å². The van der Waals surface area contributed by atoms with Crippen LogP contribution in [0, 0.1) is 5.82 Å². The SMILES string of the molecule is CN1CCN([C@H](C(=O)Nc2ccc(F)cc2)c2ccccc2)CC1. The molecule has 1 aliphatic heterocycles. The molecule has 1 atom stereocenters. The summed E-state index contributed by atoms with van der Waals surface area (Å²) >= 11 is 0. The smallest absolute Gasteiger partial charge is 0.246 e. The predicted molar refractivity (Wildman–Crippen MR) is 93.3 cm³/mol. The van der Waals surface area contributed by atoms with Crippen molar-refractivity contribution in [1.29, 1.82) is 0 Å². The van der Waals surface area contributed by atoms with E-state index in [0.717, 1.165) is 31.7 Å². The molecule has 0 saturated carbocycles. The fraction of sp³-hybridized carbons (Fsp3) is 0.316. The highest BCUT2D eigenvalue weighted by Crippen LogP contribution is 2.24. The second-order valence-electron chi connectivity index (χ2n) is 6.15. The summed E-state index contributed by atoms with van der Waals surface area (Å²) in [6.45, 7) is 3.56. The molecule has 0 spiro atoms. The van der Waals surface area contributed by atoms with Crippen molar-refractivity contribution in [3.05, 3.63) is 66.0 Å². The minimum absolute atomic E-state index is 0.0858. The zero-order valence-electron chi connectivity index (χ0n) is 13.8. The van der Waals surface area contributed by atoms with Crippen LogP contribution in [0.25, 0.3) is 0 Å². The molecule has 24 heavy (non-hydrogen) atoms. The first kappa shape index (κ1) is 16.6. The maximum Gasteiger partial charge on any atom is 0.246 e. The van der Waals surface area contributed by atoms with E-state index < -0.39 is 0 Å². The van der Waals surface area contributed by atoms with Gasteiger partial charge in [0.25, 0.3) is 0 Å². The molecule has 0 bridgehead atoms. The number of carbonyl (C=O) groups excluding carboxylic acids is 1. The Hall–Kier alpha value is -2.24. The maximum atomic E-state index is 13.0. The molecule has 1 heterocycles. The van der Waals surface area contributed by atoms with Crippen LogP contribution in [0.2, 0.25) is 0 Å². The second-order valence-corrected chi connectivity index (χ2v) is 6.15. The minimum atomic E-state index is -0.343. The fourth-order valence-corrected chi connectivity index (χ4v) is 2.99. The van der Waals surface area contributed by atoms with Crippen LogP contribution in [0.15, 0.2) is 54.6 Å². The molecule has 2 aromatic rings. The Bertz CT molecular complexity index is 667. The lowest BCUT2D eigenvalue weighted by molar-refractivity contribution is -0.122. The summed E-state index contributed by atoms with van der Waals surface area (Å²) in [5.74, 6) is -0.399. The molecule has 5 heteroatoms. The van der Waals surface area contributed by atoms with Gasteiger partial charge >= 0.3 is 0 Å². The minimum Gasteiger partial charge on any atom is -0.324 e. The second kappa shape index (κ2) is 7.55. The number of hydrogen-bond acceptors (Lipinski definition) is 3. The average Bonchev–Trinajstić information content (AvgIpc) is 2.60. The summed E-state index contributed by atoms with van der Waals surface area (Å²) in [5, 5.41) is 2.92. The third kappa shape index (κ3) is 3.99. The number of amides is 1. The van der Waals surface area contributed by atoms with E-state index in [-0.39, 0.29) is 17.8 Å². The van der Waals surface area contributed by atoms with E-state index in [1.54, 1.807) is 12.1 Å². The van der Waals surface area contributed by atoms with E-state index in [4.69, 9.17) is 0 Å². The van der Waals surface area contributed by atoms with Crippen LogP contribution in [0.3, 0.4) is 0 Å². The summed E-state index contributed by atoms with van der Waals surface area (Å²) < 4.78 is 13.0. The van der Waals surface area contributed by atoms with E-state index in [1.165, 1.54) is 12.1 Å². The van der Waals surface area contributed by atoms with E-state index in [9.17, 15) is 9.18 Å². The van der Waals surface area contributed by atoms with E-state index >= 15 is 0 Å².